The molecule has 2 N–H and O–H groups in total. The third kappa shape index (κ3) is 5.53. The second-order valence-electron chi connectivity index (χ2n) is 6.69. The first-order chi connectivity index (χ1) is 14.0. The van der Waals surface area contributed by atoms with Gasteiger partial charge in [0.15, 0.2) is 5.76 Å². The molecule has 1 aromatic carbocycles. The third-order valence-corrected chi connectivity index (χ3v) is 6.46. The molecule has 9 heteroatoms. The van der Waals surface area contributed by atoms with Gasteiger partial charge in [0.25, 0.3) is 5.91 Å². The first kappa shape index (κ1) is 21.2. The number of amides is 1. The van der Waals surface area contributed by atoms with Crippen LogP contribution in [0.1, 0.15) is 25.3 Å². The minimum absolute atomic E-state index is 0.251. The molecule has 2 heterocycles. The quantitative estimate of drug-likeness (QED) is 0.654. The smallest absolute Gasteiger partial charge is 0.286 e. The van der Waals surface area contributed by atoms with E-state index < -0.39 is 10.0 Å². The molecular formula is C20H26N4O4S. The van der Waals surface area contributed by atoms with Crippen LogP contribution in [0.25, 0.3) is 0 Å². The lowest BCUT2D eigenvalue weighted by atomic mass is 10.2. The summed E-state index contributed by atoms with van der Waals surface area (Å²) in [5.74, 6) is 0.563. The van der Waals surface area contributed by atoms with Gasteiger partial charge < -0.3 is 15.4 Å². The summed E-state index contributed by atoms with van der Waals surface area (Å²) in [5, 5.41) is 5.93. The van der Waals surface area contributed by atoms with Crippen LogP contribution < -0.4 is 10.6 Å². The highest BCUT2D eigenvalue weighted by Gasteiger charge is 2.25. The molecule has 29 heavy (non-hydrogen) atoms. The molecule has 1 amide bonds. The maximum Gasteiger partial charge on any atom is 0.286 e. The SMILES string of the molecule is CCC=N/C=C1\CC=C(C(=O)NCc2ccc(S(=O)(=O)N3CCNCC3)cc2)O1. The van der Waals surface area contributed by atoms with Crippen LogP contribution in [0, 0.1) is 0 Å². The van der Waals surface area contributed by atoms with Crippen molar-refractivity contribution in [2.75, 3.05) is 26.2 Å². The Morgan fingerprint density at radius 2 is 2.00 bits per heavy atom. The van der Waals surface area contributed by atoms with Gasteiger partial charge in [-0.15, -0.1) is 0 Å². The van der Waals surface area contributed by atoms with Crippen molar-refractivity contribution in [3.05, 3.63) is 53.6 Å². The molecule has 0 atom stereocenters. The van der Waals surface area contributed by atoms with Crippen molar-refractivity contribution in [1.29, 1.82) is 0 Å². The Labute approximate surface area is 171 Å². The first-order valence-electron chi connectivity index (χ1n) is 9.67. The molecule has 0 bridgehead atoms. The molecule has 0 aromatic heterocycles. The predicted octanol–water partition coefficient (Wildman–Crippen LogP) is 1.52. The van der Waals surface area contributed by atoms with Gasteiger partial charge in [0.2, 0.25) is 10.0 Å². The van der Waals surface area contributed by atoms with Crippen molar-refractivity contribution in [2.45, 2.75) is 31.2 Å². The number of hydrogen-bond donors (Lipinski definition) is 2. The van der Waals surface area contributed by atoms with Crippen LogP contribution in [-0.4, -0.2) is 51.0 Å². The minimum atomic E-state index is -3.48. The number of nitrogens with zero attached hydrogens (tertiary/aromatic N) is 2. The van der Waals surface area contributed by atoms with E-state index in [0.29, 0.717) is 38.4 Å². The Kier molecular flexibility index (Phi) is 7.18. The zero-order valence-electron chi connectivity index (χ0n) is 16.4. The molecule has 3 rings (SSSR count). The molecule has 1 fully saturated rings. The fraction of sp³-hybridized carbons (Fsp3) is 0.400. The minimum Gasteiger partial charge on any atom is -0.454 e. The molecule has 0 spiro atoms. The normalized spacial score (nSPS) is 19.3. The van der Waals surface area contributed by atoms with Crippen molar-refractivity contribution in [3.8, 4) is 0 Å². The van der Waals surface area contributed by atoms with Crippen molar-refractivity contribution < 1.29 is 17.9 Å². The Hall–Kier alpha value is -2.49. The van der Waals surface area contributed by atoms with Gasteiger partial charge in [-0.1, -0.05) is 19.1 Å². The van der Waals surface area contributed by atoms with E-state index in [4.69, 9.17) is 4.74 Å². The molecule has 0 aliphatic carbocycles. The van der Waals surface area contributed by atoms with E-state index in [0.717, 1.165) is 12.0 Å². The third-order valence-electron chi connectivity index (χ3n) is 4.55. The number of nitrogens with one attached hydrogen (secondary N) is 2. The largest absolute Gasteiger partial charge is 0.454 e. The van der Waals surface area contributed by atoms with Gasteiger partial charge in [0.05, 0.1) is 11.1 Å². The molecule has 1 saturated heterocycles. The second kappa shape index (κ2) is 9.82. The summed E-state index contributed by atoms with van der Waals surface area (Å²) in [5.41, 5.74) is 0.805. The lowest BCUT2D eigenvalue weighted by Gasteiger charge is -2.26. The van der Waals surface area contributed by atoms with Crippen molar-refractivity contribution >= 4 is 22.1 Å². The Bertz CT molecular complexity index is 914. The van der Waals surface area contributed by atoms with Crippen LogP contribution in [0.15, 0.2) is 57.9 Å². The lowest BCUT2D eigenvalue weighted by molar-refractivity contribution is -0.120. The van der Waals surface area contributed by atoms with Gasteiger partial charge >= 0.3 is 0 Å². The number of aliphatic imine (C=N–C) groups is 1. The van der Waals surface area contributed by atoms with Crippen LogP contribution in [0.5, 0.6) is 0 Å². The van der Waals surface area contributed by atoms with E-state index in [2.05, 4.69) is 15.6 Å². The Morgan fingerprint density at radius 3 is 2.69 bits per heavy atom. The van der Waals surface area contributed by atoms with E-state index >= 15 is 0 Å². The summed E-state index contributed by atoms with van der Waals surface area (Å²) in [6.45, 7) is 4.51. The summed E-state index contributed by atoms with van der Waals surface area (Å²) in [6.07, 6.45) is 6.45. The second-order valence-corrected chi connectivity index (χ2v) is 8.63. The average molecular weight is 419 g/mol. The maximum absolute atomic E-state index is 12.7. The van der Waals surface area contributed by atoms with Crippen LogP contribution in [0.2, 0.25) is 0 Å². The fourth-order valence-corrected chi connectivity index (χ4v) is 4.40. The zero-order chi connectivity index (χ0) is 20.7. The van der Waals surface area contributed by atoms with E-state index in [1.54, 1.807) is 42.8 Å². The van der Waals surface area contributed by atoms with E-state index in [9.17, 15) is 13.2 Å². The summed E-state index contributed by atoms with van der Waals surface area (Å²) >= 11 is 0. The maximum atomic E-state index is 12.7. The van der Waals surface area contributed by atoms with Crippen molar-refractivity contribution in [2.24, 2.45) is 4.99 Å². The molecule has 0 radical (unpaired) electrons. The summed E-state index contributed by atoms with van der Waals surface area (Å²) in [4.78, 5) is 16.6. The van der Waals surface area contributed by atoms with Crippen LogP contribution in [0.4, 0.5) is 0 Å². The van der Waals surface area contributed by atoms with Gasteiger partial charge in [-0.05, 0) is 30.2 Å². The van der Waals surface area contributed by atoms with Crippen molar-refractivity contribution in [1.82, 2.24) is 14.9 Å². The van der Waals surface area contributed by atoms with E-state index in [1.807, 2.05) is 6.92 Å². The van der Waals surface area contributed by atoms with Gasteiger partial charge in [-0.25, -0.2) is 8.42 Å². The van der Waals surface area contributed by atoms with Gasteiger partial charge in [-0.3, -0.25) is 9.79 Å². The summed E-state index contributed by atoms with van der Waals surface area (Å²) < 4.78 is 32.3. The van der Waals surface area contributed by atoms with Crippen LogP contribution in [0.3, 0.4) is 0 Å². The van der Waals surface area contributed by atoms with Gasteiger partial charge in [0.1, 0.15) is 5.76 Å². The highest BCUT2D eigenvalue weighted by molar-refractivity contribution is 7.89. The number of carbonyl (C=O) groups excluding carboxylic acids is 1. The number of carbonyl (C=O) groups is 1. The Balaban J connectivity index is 1.53. The highest BCUT2D eigenvalue weighted by atomic mass is 32.2. The molecule has 8 nitrogen and oxygen atoms in total. The number of rotatable bonds is 7. The van der Waals surface area contributed by atoms with Crippen molar-refractivity contribution in [3.63, 3.8) is 0 Å². The van der Waals surface area contributed by atoms with Gasteiger partial charge in [0, 0.05) is 45.4 Å². The topological polar surface area (TPSA) is 100 Å². The van der Waals surface area contributed by atoms with E-state index in [-0.39, 0.29) is 23.1 Å². The molecule has 0 saturated carbocycles. The molecule has 2 aliphatic heterocycles. The predicted molar refractivity (Wildman–Crippen MR) is 111 cm³/mol. The van der Waals surface area contributed by atoms with Crippen LogP contribution >= 0.6 is 0 Å². The lowest BCUT2D eigenvalue weighted by Crippen LogP contribution is -2.46. The van der Waals surface area contributed by atoms with E-state index in [1.165, 1.54) is 4.31 Å². The molecule has 2 aliphatic rings. The fourth-order valence-electron chi connectivity index (χ4n) is 2.96. The number of sulfonamides is 1. The molecular weight excluding hydrogens is 392 g/mol. The number of piperazine rings is 1. The number of benzene rings is 1. The monoisotopic (exact) mass is 418 g/mol. The first-order valence-corrected chi connectivity index (χ1v) is 11.1. The molecule has 156 valence electrons. The average Bonchev–Trinajstić information content (AvgIpc) is 3.22. The number of hydrogen-bond acceptors (Lipinski definition) is 6. The Morgan fingerprint density at radius 1 is 1.28 bits per heavy atom. The molecule has 1 aromatic rings. The van der Waals surface area contributed by atoms with Crippen LogP contribution in [-0.2, 0) is 26.1 Å². The number of allylic oxidation sites excluding steroid dienone is 1. The standard InChI is InChI=1S/C20H26N4O4S/c1-2-9-22-15-17-5-8-19(28-17)20(25)23-14-16-3-6-18(7-4-16)29(26,27)24-12-10-21-11-13-24/h3-4,6-9,15,21H,2,5,10-14H2,1H3,(H,23,25)/b17-15+,22-9?. The van der Waals surface area contributed by atoms with Gasteiger partial charge in [-0.2, -0.15) is 4.31 Å². The zero-order valence-corrected chi connectivity index (χ0v) is 17.2. The number of ether oxygens (including phenoxy) is 1. The molecule has 0 unspecified atom stereocenters. The summed E-state index contributed by atoms with van der Waals surface area (Å²) in [6, 6.07) is 6.58. The summed E-state index contributed by atoms with van der Waals surface area (Å²) in [7, 11) is -3.48. The highest BCUT2D eigenvalue weighted by Crippen LogP contribution is 2.21.